The Hall–Kier alpha value is -3.59. The predicted molar refractivity (Wildman–Crippen MR) is 110 cm³/mol. The summed E-state index contributed by atoms with van der Waals surface area (Å²) in [6.45, 7) is 3.63. The maximum atomic E-state index is 12.2. The lowest BCUT2D eigenvalue weighted by Gasteiger charge is -2.11. The maximum Gasteiger partial charge on any atom is 0.311 e. The first-order chi connectivity index (χ1) is 13.9. The van der Waals surface area contributed by atoms with Crippen LogP contribution in [0.15, 0.2) is 54.1 Å². The van der Waals surface area contributed by atoms with Gasteiger partial charge in [0.2, 0.25) is 0 Å². The minimum Gasteiger partial charge on any atom is -0.493 e. The van der Waals surface area contributed by atoms with Gasteiger partial charge in [-0.1, -0.05) is 36.4 Å². The smallest absolute Gasteiger partial charge is 0.311 e. The molecule has 0 aliphatic heterocycles. The number of hydrogen-bond donors (Lipinski definition) is 1. The summed E-state index contributed by atoms with van der Waals surface area (Å²) in [5, 5.41) is 11.9. The molecule has 150 valence electrons. The third kappa shape index (κ3) is 6.82. The molecule has 0 atom stereocenters. The van der Waals surface area contributed by atoms with Crippen molar-refractivity contribution >= 4 is 18.0 Å². The van der Waals surface area contributed by atoms with Crippen molar-refractivity contribution < 1.29 is 19.1 Å². The van der Waals surface area contributed by atoms with E-state index in [2.05, 4.69) is 5.32 Å². The molecule has 2 aromatic carbocycles. The van der Waals surface area contributed by atoms with Crippen LogP contribution in [-0.4, -0.2) is 25.0 Å². The highest BCUT2D eigenvalue weighted by Gasteiger charge is 2.13. The van der Waals surface area contributed by atoms with E-state index in [9.17, 15) is 14.9 Å². The van der Waals surface area contributed by atoms with Crippen LogP contribution in [0.2, 0.25) is 0 Å². The van der Waals surface area contributed by atoms with Gasteiger partial charge < -0.3 is 14.8 Å². The Bertz CT molecular complexity index is 928. The number of rotatable bonds is 8. The molecular formula is C23H24N2O4. The molecule has 0 heterocycles. The molecule has 1 amide bonds. The van der Waals surface area contributed by atoms with E-state index < -0.39 is 5.91 Å². The fourth-order valence-corrected chi connectivity index (χ4v) is 2.58. The van der Waals surface area contributed by atoms with E-state index in [0.29, 0.717) is 17.7 Å². The Morgan fingerprint density at radius 1 is 1.14 bits per heavy atom. The van der Waals surface area contributed by atoms with Crippen molar-refractivity contribution in [2.75, 3.05) is 7.11 Å². The summed E-state index contributed by atoms with van der Waals surface area (Å²) < 4.78 is 10.7. The molecule has 0 aromatic heterocycles. The molecule has 0 aliphatic carbocycles. The molecule has 0 spiro atoms. The van der Waals surface area contributed by atoms with Gasteiger partial charge >= 0.3 is 5.97 Å². The first-order valence-electron chi connectivity index (χ1n) is 9.28. The van der Waals surface area contributed by atoms with E-state index in [1.54, 1.807) is 18.2 Å². The van der Waals surface area contributed by atoms with Gasteiger partial charge in [-0.2, -0.15) is 5.26 Å². The zero-order valence-corrected chi connectivity index (χ0v) is 16.8. The number of hydrogen-bond acceptors (Lipinski definition) is 5. The van der Waals surface area contributed by atoms with E-state index >= 15 is 0 Å². The van der Waals surface area contributed by atoms with Gasteiger partial charge in [-0.15, -0.1) is 0 Å². The molecule has 1 N–H and O–H groups in total. The Morgan fingerprint density at radius 3 is 2.48 bits per heavy atom. The zero-order chi connectivity index (χ0) is 21.2. The molecule has 6 heteroatoms. The fraction of sp³-hybridized carbons (Fsp3) is 0.261. The molecule has 0 unspecified atom stereocenters. The number of esters is 1. The van der Waals surface area contributed by atoms with Crippen molar-refractivity contribution in [2.24, 2.45) is 0 Å². The quantitative estimate of drug-likeness (QED) is 0.320. The zero-order valence-electron chi connectivity index (χ0n) is 16.8. The van der Waals surface area contributed by atoms with Crippen LogP contribution >= 0.6 is 0 Å². The maximum absolute atomic E-state index is 12.2. The van der Waals surface area contributed by atoms with E-state index in [4.69, 9.17) is 9.47 Å². The molecular weight excluding hydrogens is 368 g/mol. The Kier molecular flexibility index (Phi) is 7.99. The molecule has 6 nitrogen and oxygen atoms in total. The van der Waals surface area contributed by atoms with Crippen LogP contribution in [-0.2, 0) is 16.0 Å². The molecule has 0 saturated heterocycles. The average molecular weight is 392 g/mol. The third-order valence-corrected chi connectivity index (χ3v) is 3.97. The Morgan fingerprint density at radius 2 is 1.86 bits per heavy atom. The van der Waals surface area contributed by atoms with Crippen molar-refractivity contribution in [3.05, 3.63) is 65.2 Å². The van der Waals surface area contributed by atoms with Gasteiger partial charge in [-0.25, -0.2) is 0 Å². The molecule has 0 bridgehead atoms. The second kappa shape index (κ2) is 10.7. The lowest BCUT2D eigenvalue weighted by atomic mass is 10.1. The van der Waals surface area contributed by atoms with E-state index in [0.717, 1.165) is 5.56 Å². The Balaban J connectivity index is 2.09. The van der Waals surface area contributed by atoms with Crippen molar-refractivity contribution in [3.63, 3.8) is 0 Å². The van der Waals surface area contributed by atoms with Crippen molar-refractivity contribution in [2.45, 2.75) is 32.7 Å². The molecule has 0 fully saturated rings. The Labute approximate surface area is 170 Å². The minimum absolute atomic E-state index is 0.0200. The van der Waals surface area contributed by atoms with Gasteiger partial charge in [-0.05, 0) is 49.6 Å². The molecule has 29 heavy (non-hydrogen) atoms. The number of amides is 1. The average Bonchev–Trinajstić information content (AvgIpc) is 2.71. The minimum atomic E-state index is -0.446. The predicted octanol–water partition coefficient (Wildman–Crippen LogP) is 3.66. The fourth-order valence-electron chi connectivity index (χ4n) is 2.58. The van der Waals surface area contributed by atoms with Gasteiger partial charge in [0.1, 0.15) is 11.6 Å². The van der Waals surface area contributed by atoms with Crippen LogP contribution in [0.5, 0.6) is 11.5 Å². The monoisotopic (exact) mass is 392 g/mol. The summed E-state index contributed by atoms with van der Waals surface area (Å²) in [6, 6.07) is 16.3. The van der Waals surface area contributed by atoms with Crippen LogP contribution in [0.3, 0.4) is 0 Å². The summed E-state index contributed by atoms with van der Waals surface area (Å²) in [5.74, 6) is -0.191. The van der Waals surface area contributed by atoms with E-state index in [1.165, 1.54) is 13.2 Å². The summed E-state index contributed by atoms with van der Waals surface area (Å²) >= 11 is 0. The standard InChI is InChI=1S/C23H24N2O4/c1-16(2)25-23(27)19(15-24)13-18-9-11-20(21(14-18)28-3)29-22(26)12-10-17-7-5-4-6-8-17/h4-9,11,13-14,16H,10,12H2,1-3H3,(H,25,27)/b19-13+. The largest absolute Gasteiger partial charge is 0.493 e. The van der Waals surface area contributed by atoms with Crippen LogP contribution in [0.1, 0.15) is 31.4 Å². The topological polar surface area (TPSA) is 88.4 Å². The normalized spacial score (nSPS) is 10.9. The second-order valence-corrected chi connectivity index (χ2v) is 6.67. The lowest BCUT2D eigenvalue weighted by Crippen LogP contribution is -2.30. The van der Waals surface area contributed by atoms with Gasteiger partial charge in [0, 0.05) is 12.5 Å². The summed E-state index contributed by atoms with van der Waals surface area (Å²) in [4.78, 5) is 24.2. The second-order valence-electron chi connectivity index (χ2n) is 6.67. The molecule has 2 aromatic rings. The number of aryl methyl sites for hydroxylation is 1. The number of ether oxygens (including phenoxy) is 2. The van der Waals surface area contributed by atoms with Gasteiger partial charge in [0.15, 0.2) is 11.5 Å². The van der Waals surface area contributed by atoms with Gasteiger partial charge in [-0.3, -0.25) is 9.59 Å². The van der Waals surface area contributed by atoms with Crippen molar-refractivity contribution in [1.82, 2.24) is 5.32 Å². The number of nitriles is 1. The summed E-state index contributed by atoms with van der Waals surface area (Å²) in [7, 11) is 1.46. The van der Waals surface area contributed by atoms with E-state index in [-0.39, 0.29) is 29.8 Å². The molecule has 2 rings (SSSR count). The molecule has 0 saturated carbocycles. The molecule has 0 radical (unpaired) electrons. The lowest BCUT2D eigenvalue weighted by molar-refractivity contribution is -0.134. The highest BCUT2D eigenvalue weighted by molar-refractivity contribution is 6.01. The number of nitrogens with one attached hydrogen (secondary N) is 1. The van der Waals surface area contributed by atoms with Gasteiger partial charge in [0.25, 0.3) is 5.91 Å². The SMILES string of the molecule is COc1cc(/C=C(\C#N)C(=O)NC(C)C)ccc1OC(=O)CCc1ccccc1. The number of nitrogens with zero attached hydrogens (tertiary/aromatic N) is 1. The number of methoxy groups -OCH3 is 1. The van der Waals surface area contributed by atoms with Gasteiger partial charge in [0.05, 0.1) is 7.11 Å². The van der Waals surface area contributed by atoms with Crippen LogP contribution in [0.25, 0.3) is 6.08 Å². The highest BCUT2D eigenvalue weighted by atomic mass is 16.6. The van der Waals surface area contributed by atoms with Crippen molar-refractivity contribution in [1.29, 1.82) is 5.26 Å². The first kappa shape index (κ1) is 21.7. The third-order valence-electron chi connectivity index (χ3n) is 3.97. The number of carbonyl (C=O) groups excluding carboxylic acids is 2. The molecule has 0 aliphatic rings. The van der Waals surface area contributed by atoms with Crippen LogP contribution in [0, 0.1) is 11.3 Å². The van der Waals surface area contributed by atoms with Crippen LogP contribution in [0.4, 0.5) is 0 Å². The highest BCUT2D eigenvalue weighted by Crippen LogP contribution is 2.29. The summed E-state index contributed by atoms with van der Waals surface area (Å²) in [5.41, 5.74) is 1.62. The first-order valence-corrected chi connectivity index (χ1v) is 9.28. The summed E-state index contributed by atoms with van der Waals surface area (Å²) in [6.07, 6.45) is 2.28. The number of benzene rings is 2. The number of carbonyl (C=O) groups is 2. The van der Waals surface area contributed by atoms with E-state index in [1.807, 2.05) is 50.2 Å². The van der Waals surface area contributed by atoms with Crippen molar-refractivity contribution in [3.8, 4) is 17.6 Å². The van der Waals surface area contributed by atoms with Crippen LogP contribution < -0.4 is 14.8 Å².